The third kappa shape index (κ3) is 2.26. The second kappa shape index (κ2) is 5.13. The normalized spacial score (nSPS) is 28.3. The third-order valence-electron chi connectivity index (χ3n) is 4.43. The van der Waals surface area contributed by atoms with Gasteiger partial charge in [-0.3, -0.25) is 4.79 Å². The van der Waals surface area contributed by atoms with Crippen molar-refractivity contribution in [2.45, 2.75) is 38.6 Å². The number of nitrogens with two attached hydrogens (primary N) is 1. The number of thiocarbonyl (C=S) groups is 1. The average molecular weight is 269 g/mol. The van der Waals surface area contributed by atoms with Gasteiger partial charge in [0.2, 0.25) is 5.91 Å². The van der Waals surface area contributed by atoms with Gasteiger partial charge in [-0.25, -0.2) is 0 Å². The van der Waals surface area contributed by atoms with Crippen LogP contribution in [0.25, 0.3) is 0 Å². The van der Waals surface area contributed by atoms with E-state index in [0.717, 1.165) is 45.3 Å². The first-order valence-corrected chi connectivity index (χ1v) is 7.18. The maximum Gasteiger partial charge on any atom is 0.235 e. The third-order valence-corrected chi connectivity index (χ3v) is 4.82. The summed E-state index contributed by atoms with van der Waals surface area (Å²) in [5, 5.41) is 0. The monoisotopic (exact) mass is 269 g/mol. The van der Waals surface area contributed by atoms with E-state index in [0.29, 0.717) is 4.99 Å². The lowest BCUT2D eigenvalue weighted by Gasteiger charge is -2.42. The molecule has 1 aliphatic carbocycles. The highest BCUT2D eigenvalue weighted by molar-refractivity contribution is 7.80. The van der Waals surface area contributed by atoms with Crippen LogP contribution in [0.4, 0.5) is 0 Å². The molecule has 1 heterocycles. The minimum atomic E-state index is -0.542. The van der Waals surface area contributed by atoms with Crippen molar-refractivity contribution in [3.8, 4) is 0 Å². The van der Waals surface area contributed by atoms with Crippen molar-refractivity contribution < 1.29 is 4.79 Å². The first-order valence-electron chi connectivity index (χ1n) is 6.77. The van der Waals surface area contributed by atoms with Gasteiger partial charge in [0.1, 0.15) is 0 Å². The van der Waals surface area contributed by atoms with Crippen LogP contribution in [0, 0.1) is 5.41 Å². The van der Waals surface area contributed by atoms with Crippen LogP contribution < -0.4 is 5.73 Å². The Morgan fingerprint density at radius 1 is 1.33 bits per heavy atom. The molecule has 1 saturated heterocycles. The predicted molar refractivity (Wildman–Crippen MR) is 76.4 cm³/mol. The van der Waals surface area contributed by atoms with Crippen molar-refractivity contribution in [2.24, 2.45) is 11.1 Å². The molecular formula is C13H23N3OS. The fourth-order valence-electron chi connectivity index (χ4n) is 3.26. The maximum absolute atomic E-state index is 12.8. The molecule has 18 heavy (non-hydrogen) atoms. The van der Waals surface area contributed by atoms with Crippen LogP contribution in [0.3, 0.4) is 0 Å². The van der Waals surface area contributed by atoms with E-state index in [9.17, 15) is 4.79 Å². The van der Waals surface area contributed by atoms with Crippen molar-refractivity contribution in [1.29, 1.82) is 0 Å². The minimum Gasteiger partial charge on any atom is -0.392 e. The summed E-state index contributed by atoms with van der Waals surface area (Å²) in [5.74, 6) is 0.174. The van der Waals surface area contributed by atoms with E-state index in [1.807, 2.05) is 4.90 Å². The van der Waals surface area contributed by atoms with Gasteiger partial charge >= 0.3 is 0 Å². The topological polar surface area (TPSA) is 49.6 Å². The molecule has 2 N–H and O–H groups in total. The zero-order chi connectivity index (χ0) is 13.3. The van der Waals surface area contributed by atoms with Gasteiger partial charge in [0.25, 0.3) is 0 Å². The summed E-state index contributed by atoms with van der Waals surface area (Å²) in [5.41, 5.74) is 5.34. The SMILES string of the molecule is CC1CN(C)CCN1C(=O)C1(C(N)=S)CCCC1. The zero-order valence-electron chi connectivity index (χ0n) is 11.3. The number of hydrogen-bond acceptors (Lipinski definition) is 3. The van der Waals surface area contributed by atoms with E-state index in [2.05, 4.69) is 18.9 Å². The van der Waals surface area contributed by atoms with Crippen molar-refractivity contribution in [3.05, 3.63) is 0 Å². The molecule has 0 radical (unpaired) electrons. The molecule has 0 spiro atoms. The highest BCUT2D eigenvalue weighted by Crippen LogP contribution is 2.40. The zero-order valence-corrected chi connectivity index (χ0v) is 12.1. The molecule has 0 aromatic heterocycles. The number of rotatable bonds is 2. The Hall–Kier alpha value is -0.680. The molecule has 5 heteroatoms. The maximum atomic E-state index is 12.8. The molecule has 1 saturated carbocycles. The summed E-state index contributed by atoms with van der Waals surface area (Å²) in [6.07, 6.45) is 3.79. The van der Waals surface area contributed by atoms with Gasteiger partial charge in [-0.05, 0) is 26.8 Å². The molecule has 4 nitrogen and oxygen atoms in total. The van der Waals surface area contributed by atoms with Crippen molar-refractivity contribution >= 4 is 23.1 Å². The summed E-state index contributed by atoms with van der Waals surface area (Å²) in [7, 11) is 2.09. The molecular weight excluding hydrogens is 246 g/mol. The second-order valence-corrected chi connectivity index (χ2v) is 6.20. The molecule has 2 fully saturated rings. The standard InChI is InChI=1S/C13H23N3OS/c1-10-9-15(2)7-8-16(10)12(17)13(11(14)18)5-3-4-6-13/h10H,3-9H2,1-2H3,(H2,14,18). The Balaban J connectivity index is 2.17. The van der Waals surface area contributed by atoms with Gasteiger partial charge in [0.15, 0.2) is 0 Å². The fourth-order valence-corrected chi connectivity index (χ4v) is 3.55. The molecule has 1 atom stereocenters. The molecule has 2 rings (SSSR count). The van der Waals surface area contributed by atoms with E-state index < -0.39 is 5.41 Å². The smallest absolute Gasteiger partial charge is 0.235 e. The fraction of sp³-hybridized carbons (Fsp3) is 0.846. The molecule has 0 aromatic carbocycles. The van der Waals surface area contributed by atoms with Crippen molar-refractivity contribution in [2.75, 3.05) is 26.7 Å². The van der Waals surface area contributed by atoms with Crippen LogP contribution >= 0.6 is 12.2 Å². The van der Waals surface area contributed by atoms with E-state index in [4.69, 9.17) is 18.0 Å². The van der Waals surface area contributed by atoms with Crippen LogP contribution in [0.2, 0.25) is 0 Å². The van der Waals surface area contributed by atoms with E-state index in [1.165, 1.54) is 0 Å². The molecule has 1 amide bonds. The van der Waals surface area contributed by atoms with E-state index in [1.54, 1.807) is 0 Å². The second-order valence-electron chi connectivity index (χ2n) is 5.76. The summed E-state index contributed by atoms with van der Waals surface area (Å²) in [6.45, 7) is 4.76. The Labute approximate surface area is 114 Å². The number of likely N-dealkylation sites (N-methyl/N-ethyl adjacent to an activating group) is 1. The van der Waals surface area contributed by atoms with Crippen LogP contribution in [0.15, 0.2) is 0 Å². The lowest BCUT2D eigenvalue weighted by molar-refractivity contribution is -0.142. The highest BCUT2D eigenvalue weighted by atomic mass is 32.1. The Morgan fingerprint density at radius 2 is 1.94 bits per heavy atom. The lowest BCUT2D eigenvalue weighted by atomic mass is 9.83. The van der Waals surface area contributed by atoms with Gasteiger partial charge in [0.05, 0.1) is 10.4 Å². The molecule has 0 bridgehead atoms. The van der Waals surface area contributed by atoms with Gasteiger partial charge in [-0.1, -0.05) is 25.1 Å². The number of carbonyl (C=O) groups excluding carboxylic acids is 1. The van der Waals surface area contributed by atoms with Crippen molar-refractivity contribution in [3.63, 3.8) is 0 Å². The minimum absolute atomic E-state index is 0.174. The van der Waals surface area contributed by atoms with Crippen LogP contribution in [0.1, 0.15) is 32.6 Å². The van der Waals surface area contributed by atoms with Crippen LogP contribution in [0.5, 0.6) is 0 Å². The van der Waals surface area contributed by atoms with E-state index in [-0.39, 0.29) is 11.9 Å². The summed E-state index contributed by atoms with van der Waals surface area (Å²) in [4.78, 5) is 17.5. The summed E-state index contributed by atoms with van der Waals surface area (Å²) < 4.78 is 0. The lowest BCUT2D eigenvalue weighted by Crippen LogP contribution is -2.58. The number of piperazine rings is 1. The number of nitrogens with zero attached hydrogens (tertiary/aromatic N) is 2. The Kier molecular flexibility index (Phi) is 3.92. The van der Waals surface area contributed by atoms with Gasteiger partial charge in [0, 0.05) is 25.7 Å². The quantitative estimate of drug-likeness (QED) is 0.760. The molecule has 1 unspecified atom stereocenters. The van der Waals surface area contributed by atoms with Gasteiger partial charge in [-0.15, -0.1) is 0 Å². The number of carbonyl (C=O) groups is 1. The first-order chi connectivity index (χ1) is 8.47. The van der Waals surface area contributed by atoms with Gasteiger partial charge < -0.3 is 15.5 Å². The molecule has 102 valence electrons. The highest BCUT2D eigenvalue weighted by Gasteiger charge is 2.47. The molecule has 2 aliphatic rings. The van der Waals surface area contributed by atoms with Crippen LogP contribution in [-0.4, -0.2) is 53.4 Å². The van der Waals surface area contributed by atoms with Crippen LogP contribution in [-0.2, 0) is 4.79 Å². The molecule has 1 aliphatic heterocycles. The van der Waals surface area contributed by atoms with Gasteiger partial charge in [-0.2, -0.15) is 0 Å². The van der Waals surface area contributed by atoms with Crippen molar-refractivity contribution in [1.82, 2.24) is 9.80 Å². The predicted octanol–water partition coefficient (Wildman–Crippen LogP) is 0.995. The van der Waals surface area contributed by atoms with E-state index >= 15 is 0 Å². The summed E-state index contributed by atoms with van der Waals surface area (Å²) >= 11 is 5.19. The first kappa shape index (κ1) is 13.7. The Bertz CT molecular complexity index is 352. The number of amides is 1. The average Bonchev–Trinajstić information content (AvgIpc) is 2.78. The number of hydrogen-bond donors (Lipinski definition) is 1. The largest absolute Gasteiger partial charge is 0.392 e. The molecule has 0 aromatic rings. The Morgan fingerprint density at radius 3 is 2.44 bits per heavy atom. The summed E-state index contributed by atoms with van der Waals surface area (Å²) in [6, 6.07) is 0.253.